The first-order chi connectivity index (χ1) is 24.9. The summed E-state index contributed by atoms with van der Waals surface area (Å²) < 4.78 is 37.8. The summed E-state index contributed by atoms with van der Waals surface area (Å²) in [5.74, 6) is 1.22. The van der Waals surface area contributed by atoms with E-state index in [1.54, 1.807) is 49.6 Å². The molecule has 0 bridgehead atoms. The Bertz CT molecular complexity index is 2010. The second-order valence-corrected chi connectivity index (χ2v) is 12.4. The van der Waals surface area contributed by atoms with Gasteiger partial charge < -0.3 is 24.3 Å². The molecule has 6 rings (SSSR count). The SMILES string of the molecule is COc1cc2ncnc(Nc3cccc(Cl)c3F)c2cc1OCCOCCCCCCCc1ccc(Oc2cccc3c2C(=O)NC(=O)C3)cc1. The number of hydrogen-bond donors (Lipinski definition) is 2. The van der Waals surface area contributed by atoms with Crippen LogP contribution in [-0.4, -0.2) is 48.7 Å². The van der Waals surface area contributed by atoms with Gasteiger partial charge in [-0.2, -0.15) is 0 Å². The number of imide groups is 1. The van der Waals surface area contributed by atoms with Gasteiger partial charge in [-0.15, -0.1) is 0 Å². The van der Waals surface area contributed by atoms with Crippen molar-refractivity contribution in [1.29, 1.82) is 0 Å². The summed E-state index contributed by atoms with van der Waals surface area (Å²) in [4.78, 5) is 32.7. The highest BCUT2D eigenvalue weighted by Crippen LogP contribution is 2.36. The predicted molar refractivity (Wildman–Crippen MR) is 193 cm³/mol. The third-order valence-electron chi connectivity index (χ3n) is 8.46. The highest BCUT2D eigenvalue weighted by atomic mass is 35.5. The van der Waals surface area contributed by atoms with Gasteiger partial charge in [-0.25, -0.2) is 14.4 Å². The number of hydrogen-bond acceptors (Lipinski definition) is 9. The molecule has 51 heavy (non-hydrogen) atoms. The quantitative estimate of drug-likeness (QED) is 0.0724. The Labute approximate surface area is 300 Å². The van der Waals surface area contributed by atoms with Crippen LogP contribution in [-0.2, 0) is 22.4 Å². The third-order valence-corrected chi connectivity index (χ3v) is 8.75. The Hall–Kier alpha value is -5.26. The van der Waals surface area contributed by atoms with E-state index in [4.69, 9.17) is 30.5 Å². The third kappa shape index (κ3) is 9.11. The van der Waals surface area contributed by atoms with Crippen LogP contribution in [0, 0.1) is 5.82 Å². The summed E-state index contributed by atoms with van der Waals surface area (Å²) >= 11 is 5.94. The lowest BCUT2D eigenvalue weighted by atomic mass is 9.99. The number of nitrogens with one attached hydrogen (secondary N) is 2. The summed E-state index contributed by atoms with van der Waals surface area (Å²) in [6, 6.07) is 21.5. The number of nitrogens with zero attached hydrogens (tertiary/aromatic N) is 2. The van der Waals surface area contributed by atoms with Crippen LogP contribution in [0.15, 0.2) is 79.1 Å². The molecular weight excluding hydrogens is 675 g/mol. The van der Waals surface area contributed by atoms with Gasteiger partial charge in [0.1, 0.15) is 30.3 Å². The number of carbonyl (C=O) groups is 2. The van der Waals surface area contributed by atoms with Crippen molar-refractivity contribution < 1.29 is 32.9 Å². The van der Waals surface area contributed by atoms with Crippen LogP contribution in [0.4, 0.5) is 15.9 Å². The molecule has 12 heteroatoms. The number of methoxy groups -OCH3 is 1. The summed E-state index contributed by atoms with van der Waals surface area (Å²) in [6.07, 6.45) is 7.90. The first-order valence-electron chi connectivity index (χ1n) is 16.9. The molecule has 0 spiro atoms. The van der Waals surface area contributed by atoms with Gasteiger partial charge in [0.15, 0.2) is 17.3 Å². The van der Waals surface area contributed by atoms with Crippen molar-refractivity contribution in [2.24, 2.45) is 0 Å². The van der Waals surface area contributed by atoms with Crippen molar-refractivity contribution in [2.45, 2.75) is 44.9 Å². The van der Waals surface area contributed by atoms with Crippen LogP contribution in [0.25, 0.3) is 10.9 Å². The number of unbranched alkanes of at least 4 members (excludes halogenated alkanes) is 4. The molecule has 0 fully saturated rings. The van der Waals surface area contributed by atoms with Crippen molar-refractivity contribution in [3.8, 4) is 23.0 Å². The second-order valence-electron chi connectivity index (χ2n) is 12.0. The van der Waals surface area contributed by atoms with Gasteiger partial charge in [-0.1, -0.05) is 61.2 Å². The zero-order valence-electron chi connectivity index (χ0n) is 28.2. The minimum absolute atomic E-state index is 0.0122. The molecule has 4 aromatic carbocycles. The van der Waals surface area contributed by atoms with E-state index in [2.05, 4.69) is 20.6 Å². The first-order valence-corrected chi connectivity index (χ1v) is 17.2. The molecule has 0 aliphatic carbocycles. The highest BCUT2D eigenvalue weighted by molar-refractivity contribution is 6.31. The topological polar surface area (TPSA) is 121 Å². The van der Waals surface area contributed by atoms with Crippen LogP contribution in [0.5, 0.6) is 23.0 Å². The lowest BCUT2D eigenvalue weighted by molar-refractivity contribution is -0.119. The number of carbonyl (C=O) groups excluding carboxylic acids is 2. The number of benzene rings is 4. The maximum Gasteiger partial charge on any atom is 0.261 e. The number of amides is 2. The first kappa shape index (κ1) is 35.6. The number of ether oxygens (including phenoxy) is 4. The van der Waals surface area contributed by atoms with E-state index >= 15 is 0 Å². The Morgan fingerprint density at radius 2 is 1.67 bits per heavy atom. The molecule has 0 saturated heterocycles. The average molecular weight is 713 g/mol. The van der Waals surface area contributed by atoms with Gasteiger partial charge in [0.2, 0.25) is 5.91 Å². The standard InChI is InChI=1S/C39H38ClFN4O6/c1-48-33-23-31-28(38(43-24-42-31)44-30-12-8-11-29(40)37(30)41)22-34(33)50-20-19-49-18-6-4-2-3-5-9-25-14-16-27(17-15-25)51-32-13-7-10-26-21-35(46)45-39(47)36(26)32/h7-8,10-17,22-24H,2-6,9,18-21H2,1H3,(H,42,43,44)(H,45,46,47). The van der Waals surface area contributed by atoms with E-state index in [1.807, 2.05) is 24.3 Å². The predicted octanol–water partition coefficient (Wildman–Crippen LogP) is 8.37. The lowest BCUT2D eigenvalue weighted by Crippen LogP contribution is -2.37. The molecule has 10 nitrogen and oxygen atoms in total. The van der Waals surface area contributed by atoms with Crippen LogP contribution < -0.4 is 24.8 Å². The van der Waals surface area contributed by atoms with Gasteiger partial charge in [0, 0.05) is 18.1 Å². The normalized spacial score (nSPS) is 12.4. The molecule has 1 aliphatic rings. The number of halogens is 2. The van der Waals surface area contributed by atoms with Crippen molar-refractivity contribution in [3.63, 3.8) is 0 Å². The largest absolute Gasteiger partial charge is 0.493 e. The summed E-state index contributed by atoms with van der Waals surface area (Å²) in [5, 5.41) is 6.01. The molecule has 2 N–H and O–H groups in total. The van der Waals surface area contributed by atoms with Gasteiger partial charge in [-0.3, -0.25) is 14.9 Å². The molecule has 0 unspecified atom stereocenters. The number of aromatic nitrogens is 2. The number of rotatable bonds is 17. The molecular formula is C39H38ClFN4O6. The molecule has 0 radical (unpaired) electrons. The Balaban J connectivity index is 0.875. The Morgan fingerprint density at radius 1 is 0.863 bits per heavy atom. The lowest BCUT2D eigenvalue weighted by Gasteiger charge is -2.18. The zero-order valence-corrected chi connectivity index (χ0v) is 28.9. The van der Waals surface area contributed by atoms with Crippen LogP contribution in [0.2, 0.25) is 5.02 Å². The van der Waals surface area contributed by atoms with E-state index in [9.17, 15) is 14.0 Å². The smallest absolute Gasteiger partial charge is 0.261 e. The maximum absolute atomic E-state index is 14.5. The number of aryl methyl sites for hydroxylation is 1. The fourth-order valence-corrected chi connectivity index (χ4v) is 6.04. The molecule has 1 aliphatic heterocycles. The summed E-state index contributed by atoms with van der Waals surface area (Å²) in [5.41, 5.74) is 3.12. The van der Waals surface area contributed by atoms with Gasteiger partial charge in [0.05, 0.1) is 41.9 Å². The fraction of sp³-hybridized carbons (Fsp3) is 0.282. The molecule has 1 aromatic heterocycles. The van der Waals surface area contributed by atoms with Crippen molar-refractivity contribution >= 4 is 45.8 Å². The van der Waals surface area contributed by atoms with Crippen molar-refractivity contribution in [1.82, 2.24) is 15.3 Å². The van der Waals surface area contributed by atoms with E-state index in [0.29, 0.717) is 70.7 Å². The Morgan fingerprint density at radius 3 is 2.51 bits per heavy atom. The van der Waals surface area contributed by atoms with Gasteiger partial charge >= 0.3 is 0 Å². The summed E-state index contributed by atoms with van der Waals surface area (Å²) in [6.45, 7) is 1.40. The molecule has 2 heterocycles. The molecule has 0 saturated carbocycles. The van der Waals surface area contributed by atoms with E-state index in [0.717, 1.165) is 38.5 Å². The van der Waals surface area contributed by atoms with E-state index in [-0.39, 0.29) is 23.0 Å². The molecule has 264 valence electrons. The van der Waals surface area contributed by atoms with Gasteiger partial charge in [0.25, 0.3) is 5.91 Å². The van der Waals surface area contributed by atoms with Gasteiger partial charge in [-0.05, 0) is 66.8 Å². The van der Waals surface area contributed by atoms with E-state index < -0.39 is 11.7 Å². The minimum Gasteiger partial charge on any atom is -0.493 e. The maximum atomic E-state index is 14.5. The molecule has 0 atom stereocenters. The van der Waals surface area contributed by atoms with Crippen LogP contribution >= 0.6 is 11.6 Å². The Kier molecular flexibility index (Phi) is 11.9. The fourth-order valence-electron chi connectivity index (χ4n) is 5.86. The zero-order chi connectivity index (χ0) is 35.6. The molecule has 5 aromatic rings. The van der Waals surface area contributed by atoms with E-state index in [1.165, 1.54) is 18.0 Å². The van der Waals surface area contributed by atoms with Crippen molar-refractivity contribution in [2.75, 3.05) is 32.2 Å². The van der Waals surface area contributed by atoms with Crippen LogP contribution in [0.3, 0.4) is 0 Å². The second kappa shape index (κ2) is 17.1. The molecule has 2 amide bonds. The number of anilines is 2. The van der Waals surface area contributed by atoms with Crippen LogP contribution in [0.1, 0.15) is 53.6 Å². The minimum atomic E-state index is -0.565. The number of fused-ring (bicyclic) bond motifs is 2. The average Bonchev–Trinajstić information content (AvgIpc) is 3.13. The monoisotopic (exact) mass is 712 g/mol. The highest BCUT2D eigenvalue weighted by Gasteiger charge is 2.26. The van der Waals surface area contributed by atoms with Crippen molar-refractivity contribution in [3.05, 3.63) is 107 Å². The summed E-state index contributed by atoms with van der Waals surface area (Å²) in [7, 11) is 1.56.